The van der Waals surface area contributed by atoms with E-state index in [1.54, 1.807) is 0 Å². The van der Waals surface area contributed by atoms with Crippen molar-refractivity contribution in [2.24, 2.45) is 5.73 Å². The zero-order valence-corrected chi connectivity index (χ0v) is 9.17. The van der Waals surface area contributed by atoms with Gasteiger partial charge in [-0.2, -0.15) is 0 Å². The molecule has 0 spiro atoms. The summed E-state index contributed by atoms with van der Waals surface area (Å²) in [5.41, 5.74) is 5.16. The van der Waals surface area contributed by atoms with Crippen LogP contribution in [0.3, 0.4) is 0 Å². The zero-order chi connectivity index (χ0) is 10.3. The van der Waals surface area contributed by atoms with Crippen LogP contribution in [0.5, 0.6) is 0 Å². The van der Waals surface area contributed by atoms with Crippen molar-refractivity contribution in [2.75, 3.05) is 18.1 Å². The first-order chi connectivity index (χ1) is 6.06. The smallest absolute Gasteiger partial charge is 0.226 e. The molecule has 0 heterocycles. The third-order valence-corrected chi connectivity index (χ3v) is 2.76. The lowest BCUT2D eigenvalue weighted by molar-refractivity contribution is -0.119. The van der Waals surface area contributed by atoms with E-state index in [0.717, 1.165) is 0 Å². The summed E-state index contributed by atoms with van der Waals surface area (Å²) in [4.78, 5) is 11.1. The average molecular weight is 222 g/mol. The molecule has 0 aromatic rings. The molecule has 0 aromatic heterocycles. The molecule has 0 bridgehead atoms. The fourth-order valence-corrected chi connectivity index (χ4v) is 1.42. The standard InChI is InChI=1S/C7H14N2O2S2/c1-2-13(11)4-3-9-7(10)5-6(8)12/h2-5H2,1H3,(H2,8,12)(H,9,10). The molecule has 13 heavy (non-hydrogen) atoms. The highest BCUT2D eigenvalue weighted by molar-refractivity contribution is 7.84. The van der Waals surface area contributed by atoms with Crippen molar-refractivity contribution >= 4 is 33.9 Å². The van der Waals surface area contributed by atoms with Crippen LogP contribution in [0.1, 0.15) is 13.3 Å². The second-order valence-electron chi connectivity index (χ2n) is 2.43. The van der Waals surface area contributed by atoms with Gasteiger partial charge in [-0.3, -0.25) is 9.00 Å². The highest BCUT2D eigenvalue weighted by Crippen LogP contribution is 1.82. The van der Waals surface area contributed by atoms with E-state index in [1.807, 2.05) is 6.92 Å². The van der Waals surface area contributed by atoms with Crippen LogP contribution in [0.15, 0.2) is 0 Å². The summed E-state index contributed by atoms with van der Waals surface area (Å²) in [5.74, 6) is 0.894. The second-order valence-corrected chi connectivity index (χ2v) is 4.82. The van der Waals surface area contributed by atoms with Crippen LogP contribution in [0.25, 0.3) is 0 Å². The van der Waals surface area contributed by atoms with E-state index < -0.39 is 10.8 Å². The third-order valence-electron chi connectivity index (χ3n) is 1.31. The maximum absolute atomic E-state index is 10.9. The van der Waals surface area contributed by atoms with Crippen LogP contribution in [0.2, 0.25) is 0 Å². The fraction of sp³-hybridized carbons (Fsp3) is 0.714. The number of rotatable bonds is 6. The second kappa shape index (κ2) is 6.97. The molecule has 0 aromatic carbocycles. The van der Waals surface area contributed by atoms with E-state index in [4.69, 9.17) is 5.73 Å². The Morgan fingerprint density at radius 2 is 2.23 bits per heavy atom. The molecular weight excluding hydrogens is 208 g/mol. The van der Waals surface area contributed by atoms with Gasteiger partial charge in [0, 0.05) is 28.9 Å². The lowest BCUT2D eigenvalue weighted by atomic mass is 10.4. The monoisotopic (exact) mass is 222 g/mol. The van der Waals surface area contributed by atoms with E-state index in [2.05, 4.69) is 17.5 Å². The number of hydrogen-bond donors (Lipinski definition) is 2. The lowest BCUT2D eigenvalue weighted by Crippen LogP contribution is -2.30. The van der Waals surface area contributed by atoms with Gasteiger partial charge in [-0.1, -0.05) is 19.1 Å². The number of nitrogens with one attached hydrogen (secondary N) is 1. The molecule has 0 aliphatic rings. The SMILES string of the molecule is CCS(=O)CCNC(=O)CC(N)=S. The normalized spacial score (nSPS) is 12.1. The van der Waals surface area contributed by atoms with Gasteiger partial charge in [-0.15, -0.1) is 0 Å². The summed E-state index contributed by atoms with van der Waals surface area (Å²) in [6.45, 7) is 2.26. The lowest BCUT2D eigenvalue weighted by Gasteiger charge is -2.02. The largest absolute Gasteiger partial charge is 0.393 e. The average Bonchev–Trinajstić information content (AvgIpc) is 2.02. The van der Waals surface area contributed by atoms with E-state index in [1.165, 1.54) is 0 Å². The van der Waals surface area contributed by atoms with Crippen LogP contribution < -0.4 is 11.1 Å². The van der Waals surface area contributed by atoms with Crippen molar-refractivity contribution in [1.29, 1.82) is 0 Å². The first kappa shape index (κ1) is 12.5. The Morgan fingerprint density at radius 3 is 2.69 bits per heavy atom. The molecule has 0 saturated heterocycles. The number of thiocarbonyl (C=S) groups is 1. The predicted octanol–water partition coefficient (Wildman–Crippen LogP) is -0.453. The fourth-order valence-electron chi connectivity index (χ4n) is 0.669. The highest BCUT2D eigenvalue weighted by atomic mass is 32.2. The summed E-state index contributed by atoms with van der Waals surface area (Å²) < 4.78 is 10.9. The Morgan fingerprint density at radius 1 is 1.62 bits per heavy atom. The van der Waals surface area contributed by atoms with E-state index in [9.17, 15) is 9.00 Å². The highest BCUT2D eigenvalue weighted by Gasteiger charge is 2.02. The van der Waals surface area contributed by atoms with Crippen molar-refractivity contribution in [3.8, 4) is 0 Å². The van der Waals surface area contributed by atoms with Crippen LogP contribution in [0, 0.1) is 0 Å². The van der Waals surface area contributed by atoms with Crippen LogP contribution in [-0.4, -0.2) is 33.2 Å². The van der Waals surface area contributed by atoms with Crippen LogP contribution in [0.4, 0.5) is 0 Å². The van der Waals surface area contributed by atoms with Crippen molar-refractivity contribution in [3.05, 3.63) is 0 Å². The first-order valence-electron chi connectivity index (χ1n) is 3.96. The predicted molar refractivity (Wildman–Crippen MR) is 58.0 cm³/mol. The Labute approximate surface area is 85.7 Å². The zero-order valence-electron chi connectivity index (χ0n) is 7.54. The Bertz CT molecular complexity index is 219. The maximum atomic E-state index is 10.9. The Balaban J connectivity index is 3.48. The Kier molecular flexibility index (Phi) is 6.70. The van der Waals surface area contributed by atoms with Crippen molar-refractivity contribution in [2.45, 2.75) is 13.3 Å². The van der Waals surface area contributed by atoms with Gasteiger partial charge < -0.3 is 11.1 Å². The van der Waals surface area contributed by atoms with Gasteiger partial charge in [0.25, 0.3) is 0 Å². The third kappa shape index (κ3) is 7.86. The molecule has 6 heteroatoms. The summed E-state index contributed by atoms with van der Waals surface area (Å²) in [6, 6.07) is 0. The molecule has 76 valence electrons. The van der Waals surface area contributed by atoms with Crippen molar-refractivity contribution in [3.63, 3.8) is 0 Å². The van der Waals surface area contributed by atoms with E-state index >= 15 is 0 Å². The van der Waals surface area contributed by atoms with Gasteiger partial charge in [0.1, 0.15) is 0 Å². The summed E-state index contributed by atoms with van der Waals surface area (Å²) in [5, 5.41) is 2.58. The minimum atomic E-state index is -0.835. The molecular formula is C7H14N2O2S2. The minimum absolute atomic E-state index is 0.0636. The molecule has 0 aliphatic heterocycles. The molecule has 0 rings (SSSR count). The molecule has 1 amide bonds. The van der Waals surface area contributed by atoms with Crippen LogP contribution in [-0.2, 0) is 15.6 Å². The number of nitrogens with two attached hydrogens (primary N) is 1. The molecule has 0 fully saturated rings. The first-order valence-corrected chi connectivity index (χ1v) is 5.85. The van der Waals surface area contributed by atoms with Crippen molar-refractivity contribution < 1.29 is 9.00 Å². The van der Waals surface area contributed by atoms with Crippen LogP contribution >= 0.6 is 12.2 Å². The van der Waals surface area contributed by atoms with Gasteiger partial charge in [-0.05, 0) is 0 Å². The topological polar surface area (TPSA) is 72.2 Å². The quantitative estimate of drug-likeness (QED) is 0.597. The molecule has 4 nitrogen and oxygen atoms in total. The van der Waals surface area contributed by atoms with Gasteiger partial charge in [0.15, 0.2) is 0 Å². The summed E-state index contributed by atoms with van der Waals surface area (Å²) >= 11 is 4.55. The number of amides is 1. The molecule has 0 aliphatic carbocycles. The van der Waals surface area contributed by atoms with Gasteiger partial charge >= 0.3 is 0 Å². The number of carbonyl (C=O) groups is 1. The molecule has 1 unspecified atom stereocenters. The summed E-state index contributed by atoms with van der Waals surface area (Å²) in [6.07, 6.45) is 0.0636. The molecule has 3 N–H and O–H groups in total. The van der Waals surface area contributed by atoms with E-state index in [-0.39, 0.29) is 17.3 Å². The molecule has 0 saturated carbocycles. The van der Waals surface area contributed by atoms with Gasteiger partial charge in [0.2, 0.25) is 5.91 Å². The summed E-state index contributed by atoms with van der Waals surface area (Å²) in [7, 11) is -0.835. The van der Waals surface area contributed by atoms with Gasteiger partial charge in [0.05, 0.1) is 11.4 Å². The molecule has 0 radical (unpaired) electrons. The van der Waals surface area contributed by atoms with E-state index in [0.29, 0.717) is 18.1 Å². The molecule has 1 atom stereocenters. The number of carbonyl (C=O) groups excluding carboxylic acids is 1. The maximum Gasteiger partial charge on any atom is 0.226 e. The van der Waals surface area contributed by atoms with Gasteiger partial charge in [-0.25, -0.2) is 0 Å². The Hall–Kier alpha value is -0.490. The minimum Gasteiger partial charge on any atom is -0.393 e. The van der Waals surface area contributed by atoms with Crippen molar-refractivity contribution in [1.82, 2.24) is 5.32 Å². The number of hydrogen-bond acceptors (Lipinski definition) is 3.